The molecule has 0 atom stereocenters. The molecule has 1 N–H and O–H groups in total. The van der Waals surface area contributed by atoms with Gasteiger partial charge in [0.1, 0.15) is 0 Å². The van der Waals surface area contributed by atoms with Crippen molar-refractivity contribution in [3.63, 3.8) is 0 Å². The Morgan fingerprint density at radius 1 is 1.17 bits per heavy atom. The van der Waals surface area contributed by atoms with Gasteiger partial charge in [0.2, 0.25) is 6.79 Å². The Morgan fingerprint density at radius 3 is 2.52 bits per heavy atom. The fourth-order valence-electron chi connectivity index (χ4n) is 2.16. The number of hydrogen-bond acceptors (Lipinski definition) is 5. The Bertz CT molecular complexity index is 895. The number of nitrogens with one attached hydrogen (secondary N) is 1. The van der Waals surface area contributed by atoms with E-state index < -0.39 is 10.0 Å². The van der Waals surface area contributed by atoms with Crippen LogP contribution < -0.4 is 14.2 Å². The standard InChI is InChI=1S/C15H12BrNO5S/c1-9(18)12-6-14-15(22-8-21-14)7-13(12)17-23(19,20)11-4-2-3-10(16)5-11/h2-7,17H,8H2,1H3. The summed E-state index contributed by atoms with van der Waals surface area (Å²) in [5.41, 5.74) is 0.370. The molecule has 1 heterocycles. The molecule has 0 spiro atoms. The van der Waals surface area contributed by atoms with Gasteiger partial charge in [0.05, 0.1) is 10.6 Å². The summed E-state index contributed by atoms with van der Waals surface area (Å²) < 4.78 is 38.6. The number of carbonyl (C=O) groups is 1. The fraction of sp³-hybridized carbons (Fsp3) is 0.133. The van der Waals surface area contributed by atoms with Gasteiger partial charge in [0, 0.05) is 16.1 Å². The second-order valence-electron chi connectivity index (χ2n) is 4.87. The van der Waals surface area contributed by atoms with E-state index in [1.54, 1.807) is 12.1 Å². The van der Waals surface area contributed by atoms with Crippen LogP contribution in [0.5, 0.6) is 11.5 Å². The summed E-state index contributed by atoms with van der Waals surface area (Å²) in [6.45, 7) is 1.39. The molecule has 1 aliphatic rings. The third kappa shape index (κ3) is 3.18. The molecule has 6 nitrogen and oxygen atoms in total. The minimum Gasteiger partial charge on any atom is -0.454 e. The van der Waals surface area contributed by atoms with Crippen molar-refractivity contribution in [2.24, 2.45) is 0 Å². The summed E-state index contributed by atoms with van der Waals surface area (Å²) in [5, 5.41) is 0. The lowest BCUT2D eigenvalue weighted by Gasteiger charge is -2.12. The second-order valence-corrected chi connectivity index (χ2v) is 7.47. The number of anilines is 1. The van der Waals surface area contributed by atoms with E-state index >= 15 is 0 Å². The van der Waals surface area contributed by atoms with E-state index in [0.717, 1.165) is 0 Å². The van der Waals surface area contributed by atoms with Gasteiger partial charge in [-0.25, -0.2) is 8.42 Å². The van der Waals surface area contributed by atoms with E-state index in [9.17, 15) is 13.2 Å². The molecule has 0 bridgehead atoms. The highest BCUT2D eigenvalue weighted by Gasteiger charge is 2.23. The third-order valence-corrected chi connectivity index (χ3v) is 5.10. The first-order valence-corrected chi connectivity index (χ1v) is 8.87. The summed E-state index contributed by atoms with van der Waals surface area (Å²) >= 11 is 3.24. The molecule has 2 aromatic rings. The first kappa shape index (κ1) is 15.8. The maximum atomic E-state index is 12.5. The molecule has 0 radical (unpaired) electrons. The molecule has 1 aliphatic heterocycles. The van der Waals surface area contributed by atoms with E-state index in [0.29, 0.717) is 16.0 Å². The topological polar surface area (TPSA) is 81.7 Å². The van der Waals surface area contributed by atoms with Crippen molar-refractivity contribution >= 4 is 37.4 Å². The van der Waals surface area contributed by atoms with E-state index in [-0.39, 0.29) is 28.7 Å². The molecule has 0 aliphatic carbocycles. The van der Waals surface area contributed by atoms with Gasteiger partial charge in [0.25, 0.3) is 10.0 Å². The number of fused-ring (bicyclic) bond motifs is 1. The Hall–Kier alpha value is -2.06. The van der Waals surface area contributed by atoms with Gasteiger partial charge >= 0.3 is 0 Å². The van der Waals surface area contributed by atoms with Gasteiger partial charge in [-0.3, -0.25) is 9.52 Å². The maximum Gasteiger partial charge on any atom is 0.261 e. The van der Waals surface area contributed by atoms with Crippen molar-refractivity contribution < 1.29 is 22.7 Å². The largest absolute Gasteiger partial charge is 0.454 e. The lowest BCUT2D eigenvalue weighted by Crippen LogP contribution is -2.15. The minimum absolute atomic E-state index is 0.0362. The van der Waals surface area contributed by atoms with Crippen LogP contribution in [0, 0.1) is 0 Å². The van der Waals surface area contributed by atoms with Crippen molar-refractivity contribution in [2.45, 2.75) is 11.8 Å². The highest BCUT2D eigenvalue weighted by Crippen LogP contribution is 2.38. The zero-order valence-corrected chi connectivity index (χ0v) is 14.4. The lowest BCUT2D eigenvalue weighted by molar-refractivity contribution is 0.101. The van der Waals surface area contributed by atoms with Crippen molar-refractivity contribution in [1.29, 1.82) is 0 Å². The molecule has 2 aromatic carbocycles. The summed E-state index contributed by atoms with van der Waals surface area (Å²) in [4.78, 5) is 11.9. The minimum atomic E-state index is -3.84. The summed E-state index contributed by atoms with van der Waals surface area (Å²) in [6, 6.07) is 9.21. The predicted octanol–water partition coefficient (Wildman–Crippen LogP) is 3.18. The molecule has 0 aromatic heterocycles. The third-order valence-electron chi connectivity index (χ3n) is 3.24. The van der Waals surface area contributed by atoms with Crippen LogP contribution in [0.25, 0.3) is 0 Å². The van der Waals surface area contributed by atoms with Gasteiger partial charge in [-0.2, -0.15) is 0 Å². The molecule has 0 saturated heterocycles. The number of rotatable bonds is 4. The van der Waals surface area contributed by atoms with Crippen molar-refractivity contribution in [3.8, 4) is 11.5 Å². The van der Waals surface area contributed by atoms with Gasteiger partial charge in [-0.15, -0.1) is 0 Å². The smallest absolute Gasteiger partial charge is 0.261 e. The van der Waals surface area contributed by atoms with Crippen LogP contribution in [-0.4, -0.2) is 21.0 Å². The van der Waals surface area contributed by atoms with Crippen molar-refractivity contribution in [2.75, 3.05) is 11.5 Å². The Balaban J connectivity index is 2.04. The number of halogens is 1. The van der Waals surface area contributed by atoms with Gasteiger partial charge in [-0.05, 0) is 31.2 Å². The van der Waals surface area contributed by atoms with Gasteiger partial charge < -0.3 is 9.47 Å². The Morgan fingerprint density at radius 2 is 1.87 bits per heavy atom. The molecular formula is C15H12BrNO5S. The number of sulfonamides is 1. The fourth-order valence-corrected chi connectivity index (χ4v) is 3.82. The Kier molecular flexibility index (Phi) is 4.03. The van der Waals surface area contributed by atoms with Crippen LogP contribution in [0.1, 0.15) is 17.3 Å². The van der Waals surface area contributed by atoms with Crippen LogP contribution in [0.2, 0.25) is 0 Å². The Labute approximate surface area is 141 Å². The van der Waals surface area contributed by atoms with Crippen LogP contribution in [0.15, 0.2) is 45.8 Å². The average Bonchev–Trinajstić information content (AvgIpc) is 2.93. The normalized spacial score (nSPS) is 13.0. The average molecular weight is 398 g/mol. The number of ketones is 1. The number of carbonyl (C=O) groups excluding carboxylic acids is 1. The summed E-state index contributed by atoms with van der Waals surface area (Å²) in [6.07, 6.45) is 0. The number of hydrogen-bond donors (Lipinski definition) is 1. The number of ether oxygens (including phenoxy) is 2. The molecule has 0 fully saturated rings. The predicted molar refractivity (Wildman–Crippen MR) is 87.5 cm³/mol. The first-order chi connectivity index (χ1) is 10.9. The number of benzene rings is 2. The van der Waals surface area contributed by atoms with E-state index in [1.165, 1.54) is 31.2 Å². The molecule has 8 heteroatoms. The second kappa shape index (κ2) is 5.86. The maximum absolute atomic E-state index is 12.5. The summed E-state index contributed by atoms with van der Waals surface area (Å²) in [7, 11) is -3.84. The van der Waals surface area contributed by atoms with Crippen LogP contribution in [0.3, 0.4) is 0 Å². The molecule has 0 saturated carbocycles. The first-order valence-electron chi connectivity index (χ1n) is 6.60. The lowest BCUT2D eigenvalue weighted by atomic mass is 10.1. The van der Waals surface area contributed by atoms with Gasteiger partial charge in [0.15, 0.2) is 17.3 Å². The molecule has 0 amide bonds. The molecular weight excluding hydrogens is 386 g/mol. The summed E-state index contributed by atoms with van der Waals surface area (Å²) in [5.74, 6) is 0.526. The van der Waals surface area contributed by atoms with E-state index in [2.05, 4.69) is 20.7 Å². The number of Topliss-reactive ketones (excluding diaryl/α,β-unsaturated/α-hetero) is 1. The molecule has 23 heavy (non-hydrogen) atoms. The SMILES string of the molecule is CC(=O)c1cc2c(cc1NS(=O)(=O)c1cccc(Br)c1)OCO2. The molecule has 0 unspecified atom stereocenters. The van der Waals surface area contributed by atoms with Crippen LogP contribution in [-0.2, 0) is 10.0 Å². The van der Waals surface area contributed by atoms with Crippen molar-refractivity contribution in [1.82, 2.24) is 0 Å². The van der Waals surface area contributed by atoms with Crippen LogP contribution >= 0.6 is 15.9 Å². The monoisotopic (exact) mass is 397 g/mol. The molecule has 120 valence electrons. The van der Waals surface area contributed by atoms with Gasteiger partial charge in [-0.1, -0.05) is 22.0 Å². The quantitative estimate of drug-likeness (QED) is 0.801. The highest BCUT2D eigenvalue weighted by molar-refractivity contribution is 9.10. The van der Waals surface area contributed by atoms with E-state index in [4.69, 9.17) is 9.47 Å². The van der Waals surface area contributed by atoms with Crippen LogP contribution in [0.4, 0.5) is 5.69 Å². The van der Waals surface area contributed by atoms with Crippen molar-refractivity contribution in [3.05, 3.63) is 46.4 Å². The highest BCUT2D eigenvalue weighted by atomic mass is 79.9. The zero-order valence-electron chi connectivity index (χ0n) is 12.0. The molecule has 3 rings (SSSR count). The zero-order chi connectivity index (χ0) is 16.6. The van der Waals surface area contributed by atoms with E-state index in [1.807, 2.05) is 0 Å².